The lowest BCUT2D eigenvalue weighted by Gasteiger charge is -2.09. The summed E-state index contributed by atoms with van der Waals surface area (Å²) in [6.07, 6.45) is 0.690. The molecule has 0 atom stereocenters. The van der Waals surface area contributed by atoms with E-state index < -0.39 is 0 Å². The molecular weight excluding hydrogens is 345 g/mol. The Bertz CT molecular complexity index is 889. The summed E-state index contributed by atoms with van der Waals surface area (Å²) < 4.78 is 0. The van der Waals surface area contributed by atoms with Crippen molar-refractivity contribution in [3.05, 3.63) is 69.8 Å². The average Bonchev–Trinajstić information content (AvgIpc) is 2.98. The minimum atomic E-state index is -0.287. The molecule has 0 saturated heterocycles. The Kier molecular flexibility index (Phi) is 4.88. The molecule has 2 N–H and O–H groups in total. The van der Waals surface area contributed by atoms with Crippen molar-refractivity contribution in [2.24, 2.45) is 0 Å². The second-order valence-electron chi connectivity index (χ2n) is 5.19. The SMILES string of the molecule is CCc1[nH]nc(-c2ccccc2Cl)c1NC(=O)c1ccccc1Cl. The number of benzene rings is 2. The molecule has 0 saturated carbocycles. The number of carbonyl (C=O) groups is 1. The summed E-state index contributed by atoms with van der Waals surface area (Å²) in [6.45, 7) is 1.98. The van der Waals surface area contributed by atoms with E-state index in [2.05, 4.69) is 15.5 Å². The smallest absolute Gasteiger partial charge is 0.257 e. The van der Waals surface area contributed by atoms with Crippen molar-refractivity contribution in [1.29, 1.82) is 0 Å². The zero-order valence-corrected chi connectivity index (χ0v) is 14.4. The fourth-order valence-corrected chi connectivity index (χ4v) is 2.89. The van der Waals surface area contributed by atoms with Crippen LogP contribution in [0.2, 0.25) is 10.0 Å². The molecule has 0 unspecified atom stereocenters. The lowest BCUT2D eigenvalue weighted by Crippen LogP contribution is -2.13. The highest BCUT2D eigenvalue weighted by molar-refractivity contribution is 6.35. The molecule has 6 heteroatoms. The zero-order valence-electron chi connectivity index (χ0n) is 12.9. The molecule has 3 rings (SSSR count). The molecular formula is C18H15Cl2N3O. The predicted molar refractivity (Wildman–Crippen MR) is 97.8 cm³/mol. The van der Waals surface area contributed by atoms with Crippen molar-refractivity contribution in [2.75, 3.05) is 5.32 Å². The number of nitrogens with zero attached hydrogens (tertiary/aromatic N) is 1. The van der Waals surface area contributed by atoms with Crippen molar-refractivity contribution < 1.29 is 4.79 Å². The molecule has 1 aromatic heterocycles. The third-order valence-electron chi connectivity index (χ3n) is 3.68. The topological polar surface area (TPSA) is 57.8 Å². The van der Waals surface area contributed by atoms with Gasteiger partial charge in [-0.2, -0.15) is 5.10 Å². The molecule has 1 amide bonds. The van der Waals surface area contributed by atoms with E-state index in [9.17, 15) is 4.79 Å². The summed E-state index contributed by atoms with van der Waals surface area (Å²) in [5, 5.41) is 11.2. The number of hydrogen-bond donors (Lipinski definition) is 2. The quantitative estimate of drug-likeness (QED) is 0.672. The number of halogens is 2. The Morgan fingerprint density at radius 3 is 2.42 bits per heavy atom. The maximum absolute atomic E-state index is 12.6. The summed E-state index contributed by atoms with van der Waals surface area (Å²) in [4.78, 5) is 12.6. The van der Waals surface area contributed by atoms with Crippen LogP contribution in [0.5, 0.6) is 0 Å². The molecule has 1 heterocycles. The van der Waals surface area contributed by atoms with Gasteiger partial charge in [-0.1, -0.05) is 60.5 Å². The van der Waals surface area contributed by atoms with Crippen LogP contribution in [0, 0.1) is 0 Å². The Morgan fingerprint density at radius 2 is 1.75 bits per heavy atom. The molecule has 3 aromatic rings. The van der Waals surface area contributed by atoms with Gasteiger partial charge in [-0.05, 0) is 24.6 Å². The van der Waals surface area contributed by atoms with Gasteiger partial charge in [-0.15, -0.1) is 0 Å². The minimum Gasteiger partial charge on any atom is -0.318 e. The number of anilines is 1. The number of carbonyl (C=O) groups excluding carboxylic acids is 1. The molecule has 0 aliphatic heterocycles. The molecule has 24 heavy (non-hydrogen) atoms. The maximum atomic E-state index is 12.6. The number of H-pyrrole nitrogens is 1. The summed E-state index contributed by atoms with van der Waals surface area (Å²) in [5.74, 6) is -0.287. The molecule has 122 valence electrons. The van der Waals surface area contributed by atoms with Gasteiger partial charge < -0.3 is 5.32 Å². The van der Waals surface area contributed by atoms with Gasteiger partial charge in [0.2, 0.25) is 0 Å². The van der Waals surface area contributed by atoms with Crippen molar-refractivity contribution in [3.63, 3.8) is 0 Å². The minimum absolute atomic E-state index is 0.287. The number of amides is 1. The van der Waals surface area contributed by atoms with Crippen LogP contribution >= 0.6 is 23.2 Å². The third-order valence-corrected chi connectivity index (χ3v) is 4.34. The van der Waals surface area contributed by atoms with E-state index in [-0.39, 0.29) is 5.91 Å². The van der Waals surface area contributed by atoms with Crippen LogP contribution in [-0.4, -0.2) is 16.1 Å². The molecule has 2 aromatic carbocycles. The average molecular weight is 360 g/mol. The standard InChI is InChI=1S/C18H15Cl2N3O/c1-2-15-17(21-18(24)12-8-4-6-10-14(12)20)16(23-22-15)11-7-3-5-9-13(11)19/h3-10H,2H2,1H3,(H,21,24)(H,22,23). The van der Waals surface area contributed by atoms with Crippen molar-refractivity contribution in [3.8, 4) is 11.3 Å². The second kappa shape index (κ2) is 7.07. The number of rotatable bonds is 4. The number of aromatic nitrogens is 2. The van der Waals surface area contributed by atoms with Gasteiger partial charge in [0.1, 0.15) is 5.69 Å². The van der Waals surface area contributed by atoms with Crippen molar-refractivity contribution in [1.82, 2.24) is 10.2 Å². The monoisotopic (exact) mass is 359 g/mol. The Labute approximate surface area is 149 Å². The lowest BCUT2D eigenvalue weighted by atomic mass is 10.1. The second-order valence-corrected chi connectivity index (χ2v) is 6.01. The highest BCUT2D eigenvalue weighted by atomic mass is 35.5. The summed E-state index contributed by atoms with van der Waals surface area (Å²) in [7, 11) is 0. The number of aromatic amines is 1. The maximum Gasteiger partial charge on any atom is 0.257 e. The van der Waals surface area contributed by atoms with Crippen LogP contribution in [0.1, 0.15) is 23.0 Å². The normalized spacial score (nSPS) is 10.6. The largest absolute Gasteiger partial charge is 0.318 e. The van der Waals surface area contributed by atoms with Gasteiger partial charge in [0.25, 0.3) is 5.91 Å². The Balaban J connectivity index is 2.02. The first-order valence-corrected chi connectivity index (χ1v) is 8.25. The molecule has 0 fully saturated rings. The molecule has 0 radical (unpaired) electrons. The first-order chi connectivity index (χ1) is 11.6. The van der Waals surface area contributed by atoms with Gasteiger partial charge in [0, 0.05) is 5.56 Å². The molecule has 0 aliphatic rings. The first-order valence-electron chi connectivity index (χ1n) is 7.49. The van der Waals surface area contributed by atoms with E-state index in [0.29, 0.717) is 33.4 Å². The number of nitrogens with one attached hydrogen (secondary N) is 2. The summed E-state index contributed by atoms with van der Waals surface area (Å²) in [5.41, 5.74) is 3.22. The van der Waals surface area contributed by atoms with Crippen molar-refractivity contribution >= 4 is 34.8 Å². The van der Waals surface area contributed by atoms with Gasteiger partial charge in [-0.3, -0.25) is 9.89 Å². The molecule has 0 bridgehead atoms. The lowest BCUT2D eigenvalue weighted by molar-refractivity contribution is 0.102. The molecule has 4 nitrogen and oxygen atoms in total. The zero-order chi connectivity index (χ0) is 17.1. The van der Waals surface area contributed by atoms with Gasteiger partial charge in [0.05, 0.1) is 27.0 Å². The summed E-state index contributed by atoms with van der Waals surface area (Å²) in [6, 6.07) is 14.3. The highest BCUT2D eigenvalue weighted by Crippen LogP contribution is 2.34. The summed E-state index contributed by atoms with van der Waals surface area (Å²) >= 11 is 12.4. The third kappa shape index (κ3) is 3.16. The van der Waals surface area contributed by atoms with Crippen LogP contribution in [0.15, 0.2) is 48.5 Å². The Hall–Kier alpha value is -2.30. The van der Waals surface area contributed by atoms with E-state index in [4.69, 9.17) is 23.2 Å². The Morgan fingerprint density at radius 1 is 1.08 bits per heavy atom. The van der Waals surface area contributed by atoms with E-state index in [1.807, 2.05) is 25.1 Å². The van der Waals surface area contributed by atoms with Crippen LogP contribution in [0.3, 0.4) is 0 Å². The predicted octanol–water partition coefficient (Wildman–Crippen LogP) is 5.20. The van der Waals surface area contributed by atoms with E-state index >= 15 is 0 Å². The van der Waals surface area contributed by atoms with Gasteiger partial charge >= 0.3 is 0 Å². The first kappa shape index (κ1) is 16.6. The van der Waals surface area contributed by atoms with E-state index in [1.165, 1.54) is 0 Å². The molecule has 0 spiro atoms. The number of hydrogen-bond acceptors (Lipinski definition) is 2. The highest BCUT2D eigenvalue weighted by Gasteiger charge is 2.19. The van der Waals surface area contributed by atoms with Crippen LogP contribution in [0.4, 0.5) is 5.69 Å². The van der Waals surface area contributed by atoms with Gasteiger partial charge in [0.15, 0.2) is 0 Å². The van der Waals surface area contributed by atoms with Crippen LogP contribution in [-0.2, 0) is 6.42 Å². The number of aryl methyl sites for hydroxylation is 1. The van der Waals surface area contributed by atoms with Crippen molar-refractivity contribution in [2.45, 2.75) is 13.3 Å². The van der Waals surface area contributed by atoms with E-state index in [1.54, 1.807) is 30.3 Å². The van der Waals surface area contributed by atoms with Gasteiger partial charge in [-0.25, -0.2) is 0 Å². The molecule has 0 aliphatic carbocycles. The van der Waals surface area contributed by atoms with Crippen LogP contribution in [0.25, 0.3) is 11.3 Å². The fraction of sp³-hybridized carbons (Fsp3) is 0.111. The van der Waals surface area contributed by atoms with Crippen LogP contribution < -0.4 is 5.32 Å². The van der Waals surface area contributed by atoms with E-state index in [0.717, 1.165) is 11.3 Å². The fourth-order valence-electron chi connectivity index (χ4n) is 2.44.